The molecule has 1 saturated carbocycles. The van der Waals surface area contributed by atoms with Crippen molar-refractivity contribution < 1.29 is 13.2 Å². The average molecular weight is 330 g/mol. The van der Waals surface area contributed by atoms with E-state index in [1.54, 1.807) is 0 Å². The molecule has 6 heteroatoms. The Bertz CT molecular complexity index is 502. The second-order valence-corrected chi connectivity index (χ2v) is 10.1. The molecule has 2 amide bonds. The summed E-state index contributed by atoms with van der Waals surface area (Å²) < 4.78 is 22.6. The molecule has 22 heavy (non-hydrogen) atoms. The summed E-state index contributed by atoms with van der Waals surface area (Å²) in [7, 11) is -2.95. The lowest BCUT2D eigenvalue weighted by Gasteiger charge is -2.38. The lowest BCUT2D eigenvalue weighted by atomic mass is 9.90. The van der Waals surface area contributed by atoms with E-state index < -0.39 is 9.84 Å². The summed E-state index contributed by atoms with van der Waals surface area (Å²) in [6, 6.07) is 0.455. The van der Waals surface area contributed by atoms with Crippen LogP contribution in [0.15, 0.2) is 0 Å². The Hall–Kier alpha value is -0.780. The Morgan fingerprint density at radius 2 is 1.91 bits per heavy atom. The molecule has 0 spiro atoms. The van der Waals surface area contributed by atoms with Gasteiger partial charge in [0, 0.05) is 25.4 Å². The highest BCUT2D eigenvalue weighted by atomic mass is 32.2. The standard InChI is InChI=1S/C16H30N2O3S/c1-16(2,9-11-22(3,20)21)12-17-15(19)18-10-5-7-13-6-4-8-14(13)18/h13-14H,4-12H2,1-3H3,(H,17,19)/t13-,14-/m0/s1. The second-order valence-electron chi connectivity index (χ2n) is 7.80. The van der Waals surface area contributed by atoms with Crippen LogP contribution in [0.5, 0.6) is 0 Å². The molecule has 1 aliphatic heterocycles. The van der Waals surface area contributed by atoms with Crippen LogP contribution in [0.3, 0.4) is 0 Å². The summed E-state index contributed by atoms with van der Waals surface area (Å²) >= 11 is 0. The zero-order valence-electron chi connectivity index (χ0n) is 14.1. The molecular formula is C16H30N2O3S. The van der Waals surface area contributed by atoms with Crippen LogP contribution < -0.4 is 5.32 Å². The van der Waals surface area contributed by atoms with Gasteiger partial charge < -0.3 is 10.2 Å². The largest absolute Gasteiger partial charge is 0.337 e. The first-order valence-electron chi connectivity index (χ1n) is 8.40. The summed E-state index contributed by atoms with van der Waals surface area (Å²) in [6.45, 7) is 5.39. The number of likely N-dealkylation sites (tertiary alicyclic amines) is 1. The van der Waals surface area contributed by atoms with Gasteiger partial charge in [0.15, 0.2) is 0 Å². The molecule has 2 rings (SSSR count). The number of piperidine rings is 1. The van der Waals surface area contributed by atoms with Crippen LogP contribution in [0, 0.1) is 11.3 Å². The molecule has 0 aromatic carbocycles. The van der Waals surface area contributed by atoms with Crippen molar-refractivity contribution in [2.45, 2.75) is 58.4 Å². The van der Waals surface area contributed by atoms with Gasteiger partial charge >= 0.3 is 6.03 Å². The zero-order valence-corrected chi connectivity index (χ0v) is 14.9. The third kappa shape index (κ3) is 4.86. The van der Waals surface area contributed by atoms with Gasteiger partial charge in [0.2, 0.25) is 0 Å². The highest BCUT2D eigenvalue weighted by molar-refractivity contribution is 7.90. The number of rotatable bonds is 5. The van der Waals surface area contributed by atoms with Gasteiger partial charge in [0.1, 0.15) is 9.84 Å². The minimum absolute atomic E-state index is 0.0315. The number of fused-ring (bicyclic) bond motifs is 1. The summed E-state index contributed by atoms with van der Waals surface area (Å²) in [6.07, 6.45) is 7.82. The molecule has 0 aromatic rings. The fourth-order valence-corrected chi connectivity index (χ4v) is 4.60. The molecule has 0 radical (unpaired) electrons. The average Bonchev–Trinajstić information content (AvgIpc) is 2.90. The summed E-state index contributed by atoms with van der Waals surface area (Å²) in [4.78, 5) is 14.5. The van der Waals surface area contributed by atoms with Crippen LogP contribution in [0.1, 0.15) is 52.4 Å². The maximum absolute atomic E-state index is 12.5. The third-order valence-corrected chi connectivity index (χ3v) is 6.07. The number of hydrogen-bond acceptors (Lipinski definition) is 3. The van der Waals surface area contributed by atoms with Crippen molar-refractivity contribution in [3.8, 4) is 0 Å². The fraction of sp³-hybridized carbons (Fsp3) is 0.938. The molecule has 1 aliphatic carbocycles. The van der Waals surface area contributed by atoms with Crippen molar-refractivity contribution in [1.82, 2.24) is 10.2 Å². The van der Waals surface area contributed by atoms with E-state index in [1.807, 2.05) is 18.7 Å². The maximum atomic E-state index is 12.5. The maximum Gasteiger partial charge on any atom is 0.317 e. The first kappa shape index (κ1) is 17.6. The summed E-state index contributed by atoms with van der Waals surface area (Å²) in [5.74, 6) is 0.863. The van der Waals surface area contributed by atoms with Crippen LogP contribution in [0.25, 0.3) is 0 Å². The molecule has 5 nitrogen and oxygen atoms in total. The van der Waals surface area contributed by atoms with Gasteiger partial charge in [-0.2, -0.15) is 0 Å². The SMILES string of the molecule is CC(C)(CCS(C)(=O)=O)CNC(=O)N1CCC[C@@H]2CCC[C@@H]21. The highest BCUT2D eigenvalue weighted by Gasteiger charge is 2.37. The predicted octanol–water partition coefficient (Wildman–Crippen LogP) is 2.42. The molecular weight excluding hydrogens is 300 g/mol. The van der Waals surface area contributed by atoms with Crippen LogP contribution in [-0.4, -0.2) is 50.5 Å². The van der Waals surface area contributed by atoms with Gasteiger partial charge in [-0.15, -0.1) is 0 Å². The van der Waals surface area contributed by atoms with Crippen molar-refractivity contribution >= 4 is 15.9 Å². The van der Waals surface area contributed by atoms with Crippen molar-refractivity contribution in [2.75, 3.05) is 25.1 Å². The number of amides is 2. The van der Waals surface area contributed by atoms with Gasteiger partial charge in [-0.25, -0.2) is 13.2 Å². The number of nitrogens with one attached hydrogen (secondary N) is 1. The lowest BCUT2D eigenvalue weighted by Crippen LogP contribution is -2.51. The van der Waals surface area contributed by atoms with E-state index in [0.29, 0.717) is 24.9 Å². The van der Waals surface area contributed by atoms with Gasteiger partial charge in [0.05, 0.1) is 5.75 Å². The molecule has 128 valence electrons. The van der Waals surface area contributed by atoms with E-state index in [4.69, 9.17) is 0 Å². The highest BCUT2D eigenvalue weighted by Crippen LogP contribution is 2.36. The van der Waals surface area contributed by atoms with E-state index in [-0.39, 0.29) is 17.2 Å². The van der Waals surface area contributed by atoms with Crippen molar-refractivity contribution in [2.24, 2.45) is 11.3 Å². The minimum Gasteiger partial charge on any atom is -0.337 e. The Kier molecular flexibility index (Phi) is 5.41. The van der Waals surface area contributed by atoms with E-state index in [9.17, 15) is 13.2 Å². The number of carbonyl (C=O) groups excluding carboxylic acids is 1. The number of urea groups is 1. The molecule has 2 aliphatic rings. The van der Waals surface area contributed by atoms with E-state index in [2.05, 4.69) is 5.32 Å². The van der Waals surface area contributed by atoms with Gasteiger partial charge in [-0.1, -0.05) is 20.3 Å². The minimum atomic E-state index is -2.95. The van der Waals surface area contributed by atoms with Crippen LogP contribution in [0.4, 0.5) is 4.79 Å². The third-order valence-electron chi connectivity index (χ3n) is 5.12. The Morgan fingerprint density at radius 3 is 2.59 bits per heavy atom. The number of hydrogen-bond donors (Lipinski definition) is 1. The first-order valence-corrected chi connectivity index (χ1v) is 10.5. The normalized spacial score (nSPS) is 25.9. The molecule has 0 aromatic heterocycles. The van der Waals surface area contributed by atoms with E-state index in [1.165, 1.54) is 25.5 Å². The van der Waals surface area contributed by atoms with E-state index >= 15 is 0 Å². The molecule has 1 heterocycles. The molecule has 2 atom stereocenters. The Labute approximate surface area is 134 Å². The van der Waals surface area contributed by atoms with Gasteiger partial charge in [-0.05, 0) is 43.4 Å². The first-order chi connectivity index (χ1) is 10.2. The number of carbonyl (C=O) groups is 1. The van der Waals surface area contributed by atoms with Crippen LogP contribution in [-0.2, 0) is 9.84 Å². The van der Waals surface area contributed by atoms with Gasteiger partial charge in [0.25, 0.3) is 0 Å². The molecule has 0 bridgehead atoms. The summed E-state index contributed by atoms with van der Waals surface area (Å²) in [5, 5.41) is 3.03. The van der Waals surface area contributed by atoms with Crippen LogP contribution in [0.2, 0.25) is 0 Å². The topological polar surface area (TPSA) is 66.5 Å². The monoisotopic (exact) mass is 330 g/mol. The molecule has 0 unspecified atom stereocenters. The number of nitrogens with zero attached hydrogens (tertiary/aromatic N) is 1. The van der Waals surface area contributed by atoms with Crippen LogP contribution >= 0.6 is 0 Å². The van der Waals surface area contributed by atoms with Crippen molar-refractivity contribution in [3.63, 3.8) is 0 Å². The predicted molar refractivity (Wildman–Crippen MR) is 88.6 cm³/mol. The molecule has 2 fully saturated rings. The summed E-state index contributed by atoms with van der Waals surface area (Å²) in [5.41, 5.74) is -0.205. The number of sulfone groups is 1. The smallest absolute Gasteiger partial charge is 0.317 e. The molecule has 1 N–H and O–H groups in total. The quantitative estimate of drug-likeness (QED) is 0.842. The van der Waals surface area contributed by atoms with Crippen molar-refractivity contribution in [1.29, 1.82) is 0 Å². The fourth-order valence-electron chi connectivity index (χ4n) is 3.67. The second kappa shape index (κ2) is 6.77. The van der Waals surface area contributed by atoms with Crippen molar-refractivity contribution in [3.05, 3.63) is 0 Å². The zero-order chi connectivity index (χ0) is 16.4. The Balaban J connectivity index is 1.83. The Morgan fingerprint density at radius 1 is 1.23 bits per heavy atom. The van der Waals surface area contributed by atoms with Gasteiger partial charge in [-0.3, -0.25) is 0 Å². The lowest BCUT2D eigenvalue weighted by molar-refractivity contribution is 0.125. The molecule has 1 saturated heterocycles. The van der Waals surface area contributed by atoms with E-state index in [0.717, 1.165) is 19.4 Å².